The van der Waals surface area contributed by atoms with Crippen molar-refractivity contribution < 1.29 is 28.5 Å². The fraction of sp³-hybridized carbons (Fsp3) is 0.913. The van der Waals surface area contributed by atoms with Gasteiger partial charge in [0.2, 0.25) is 0 Å². The summed E-state index contributed by atoms with van der Waals surface area (Å²) in [6.07, 6.45) is 8.73. The number of carbonyl (C=O) groups excluding carboxylic acids is 2. The summed E-state index contributed by atoms with van der Waals surface area (Å²) >= 11 is 0. The van der Waals surface area contributed by atoms with Crippen LogP contribution < -0.4 is 0 Å². The molecule has 29 heavy (non-hydrogen) atoms. The number of ether oxygens (including phenoxy) is 4. The van der Waals surface area contributed by atoms with Crippen molar-refractivity contribution in [2.45, 2.75) is 111 Å². The number of hydrogen-bond acceptors (Lipinski definition) is 6. The van der Waals surface area contributed by atoms with E-state index in [1.807, 2.05) is 0 Å². The normalized spacial score (nSPS) is 19.2. The van der Waals surface area contributed by atoms with Crippen LogP contribution in [0.25, 0.3) is 0 Å². The number of carbonyl (C=O) groups is 2. The third-order valence-electron chi connectivity index (χ3n) is 5.19. The molecule has 0 N–H and O–H groups in total. The lowest BCUT2D eigenvalue weighted by Crippen LogP contribution is -2.30. The predicted octanol–water partition coefficient (Wildman–Crippen LogP) is 6.65. The molecule has 0 aliphatic heterocycles. The van der Waals surface area contributed by atoms with Crippen LogP contribution in [0.3, 0.4) is 0 Å². The van der Waals surface area contributed by atoms with Gasteiger partial charge in [0.05, 0.1) is 13.2 Å². The van der Waals surface area contributed by atoms with Crippen LogP contribution in [0.4, 0.5) is 9.59 Å². The van der Waals surface area contributed by atoms with E-state index in [4.69, 9.17) is 18.9 Å². The fourth-order valence-corrected chi connectivity index (χ4v) is 3.42. The Morgan fingerprint density at radius 3 is 1.55 bits per heavy atom. The van der Waals surface area contributed by atoms with E-state index in [1.165, 1.54) is 19.3 Å². The smallest absolute Gasteiger partial charge is 0.434 e. The first-order chi connectivity index (χ1) is 13.9. The minimum Gasteiger partial charge on any atom is -0.434 e. The first kappa shape index (κ1) is 25.6. The Balaban J connectivity index is 2.02. The van der Waals surface area contributed by atoms with Gasteiger partial charge in [0.25, 0.3) is 0 Å². The van der Waals surface area contributed by atoms with Crippen molar-refractivity contribution >= 4 is 12.3 Å². The Bertz CT molecular complexity index is 441. The molecule has 0 saturated heterocycles. The zero-order valence-corrected chi connectivity index (χ0v) is 19.0. The summed E-state index contributed by atoms with van der Waals surface area (Å²) in [5.74, 6) is 1.35. The molecule has 6 heteroatoms. The van der Waals surface area contributed by atoms with Crippen molar-refractivity contribution in [3.8, 4) is 0 Å². The topological polar surface area (TPSA) is 71.1 Å². The second-order valence-electron chi connectivity index (χ2n) is 8.96. The van der Waals surface area contributed by atoms with E-state index in [0.29, 0.717) is 44.8 Å². The van der Waals surface area contributed by atoms with Crippen LogP contribution in [0.15, 0.2) is 0 Å². The summed E-state index contributed by atoms with van der Waals surface area (Å²) in [5.41, 5.74) is 0. The van der Waals surface area contributed by atoms with E-state index in [0.717, 1.165) is 31.6 Å². The fourth-order valence-electron chi connectivity index (χ4n) is 3.42. The van der Waals surface area contributed by atoms with Gasteiger partial charge in [-0.25, -0.2) is 9.59 Å². The van der Waals surface area contributed by atoms with Crippen molar-refractivity contribution in [3.63, 3.8) is 0 Å². The van der Waals surface area contributed by atoms with Crippen LogP contribution in [0.5, 0.6) is 0 Å². The monoisotopic (exact) mass is 414 g/mol. The van der Waals surface area contributed by atoms with Crippen LogP contribution in [0.2, 0.25) is 0 Å². The Morgan fingerprint density at radius 1 is 0.655 bits per heavy atom. The molecule has 0 heterocycles. The first-order valence-electron chi connectivity index (χ1n) is 11.5. The van der Waals surface area contributed by atoms with Crippen molar-refractivity contribution in [3.05, 3.63) is 0 Å². The van der Waals surface area contributed by atoms with Gasteiger partial charge < -0.3 is 18.9 Å². The van der Waals surface area contributed by atoms with Crippen LogP contribution in [-0.2, 0) is 18.9 Å². The molecule has 0 aromatic heterocycles. The van der Waals surface area contributed by atoms with Gasteiger partial charge >= 0.3 is 12.3 Å². The minimum atomic E-state index is -0.592. The molecule has 0 aromatic rings. The van der Waals surface area contributed by atoms with Gasteiger partial charge in [-0.3, -0.25) is 0 Å². The SMILES string of the molecule is CC(C)CCCCCCOC(=O)OC1CCC(OC(=O)OCCCC(C)C)CC1. The summed E-state index contributed by atoms with van der Waals surface area (Å²) in [4.78, 5) is 23.5. The van der Waals surface area contributed by atoms with Crippen LogP contribution >= 0.6 is 0 Å². The first-order valence-corrected chi connectivity index (χ1v) is 11.5. The molecule has 0 radical (unpaired) electrons. The zero-order valence-electron chi connectivity index (χ0n) is 19.0. The molecule has 1 aliphatic rings. The molecule has 0 amide bonds. The van der Waals surface area contributed by atoms with E-state index in [9.17, 15) is 9.59 Å². The summed E-state index contributed by atoms with van der Waals surface area (Å²) in [5, 5.41) is 0. The van der Waals surface area contributed by atoms with Crippen LogP contribution in [0, 0.1) is 11.8 Å². The third kappa shape index (κ3) is 14.2. The molecule has 0 unspecified atom stereocenters. The molecule has 0 bridgehead atoms. The van der Waals surface area contributed by atoms with Gasteiger partial charge in [-0.15, -0.1) is 0 Å². The van der Waals surface area contributed by atoms with Crippen molar-refractivity contribution in [2.75, 3.05) is 13.2 Å². The molecule has 170 valence electrons. The zero-order chi connectivity index (χ0) is 21.5. The van der Waals surface area contributed by atoms with Gasteiger partial charge in [0, 0.05) is 0 Å². The number of unbranched alkanes of at least 4 members (excludes halogenated alkanes) is 3. The summed E-state index contributed by atoms with van der Waals surface area (Å²) < 4.78 is 21.0. The lowest BCUT2D eigenvalue weighted by Gasteiger charge is -2.27. The lowest BCUT2D eigenvalue weighted by atomic mass is 9.95. The van der Waals surface area contributed by atoms with Crippen molar-refractivity contribution in [1.29, 1.82) is 0 Å². The van der Waals surface area contributed by atoms with Crippen LogP contribution in [0.1, 0.15) is 98.3 Å². The third-order valence-corrected chi connectivity index (χ3v) is 5.19. The van der Waals surface area contributed by atoms with Gasteiger partial charge in [0.15, 0.2) is 0 Å². The molecule has 6 nitrogen and oxygen atoms in total. The molecule has 0 atom stereocenters. The molecule has 0 aromatic carbocycles. The standard InChI is InChI=1S/C23H42O6/c1-18(2)10-7-5-6-8-16-26-22(24)28-20-12-14-21(15-13-20)29-23(25)27-17-9-11-19(3)4/h18-21H,5-17H2,1-4H3. The van der Waals surface area contributed by atoms with E-state index >= 15 is 0 Å². The molecule has 1 saturated carbocycles. The van der Waals surface area contributed by atoms with Crippen molar-refractivity contribution in [2.24, 2.45) is 11.8 Å². The van der Waals surface area contributed by atoms with E-state index < -0.39 is 12.3 Å². The second kappa shape index (κ2) is 15.4. The van der Waals surface area contributed by atoms with Crippen LogP contribution in [-0.4, -0.2) is 37.7 Å². The molecular formula is C23H42O6. The predicted molar refractivity (Wildman–Crippen MR) is 113 cm³/mol. The molecular weight excluding hydrogens is 372 g/mol. The highest BCUT2D eigenvalue weighted by atomic mass is 16.7. The molecule has 1 aliphatic carbocycles. The van der Waals surface area contributed by atoms with E-state index in [-0.39, 0.29) is 12.2 Å². The maximum atomic E-state index is 11.8. The highest BCUT2D eigenvalue weighted by Gasteiger charge is 2.27. The Morgan fingerprint density at radius 2 is 1.07 bits per heavy atom. The van der Waals surface area contributed by atoms with Gasteiger partial charge in [0.1, 0.15) is 12.2 Å². The largest absolute Gasteiger partial charge is 0.508 e. The summed E-state index contributed by atoms with van der Waals surface area (Å²) in [6, 6.07) is 0. The quantitative estimate of drug-likeness (QED) is 0.248. The lowest BCUT2D eigenvalue weighted by molar-refractivity contribution is -0.0271. The van der Waals surface area contributed by atoms with E-state index in [2.05, 4.69) is 27.7 Å². The average Bonchev–Trinajstić information content (AvgIpc) is 2.65. The highest BCUT2D eigenvalue weighted by Crippen LogP contribution is 2.24. The number of rotatable bonds is 13. The summed E-state index contributed by atoms with van der Waals surface area (Å²) in [7, 11) is 0. The number of hydrogen-bond donors (Lipinski definition) is 0. The Labute approximate surface area is 177 Å². The van der Waals surface area contributed by atoms with Gasteiger partial charge in [-0.2, -0.15) is 0 Å². The Hall–Kier alpha value is -1.46. The van der Waals surface area contributed by atoms with Gasteiger partial charge in [-0.05, 0) is 56.8 Å². The second-order valence-corrected chi connectivity index (χ2v) is 8.96. The van der Waals surface area contributed by atoms with Gasteiger partial charge in [-0.1, -0.05) is 53.4 Å². The molecule has 1 fully saturated rings. The Kier molecular flexibility index (Phi) is 13.6. The van der Waals surface area contributed by atoms with Crippen molar-refractivity contribution in [1.82, 2.24) is 0 Å². The summed E-state index contributed by atoms with van der Waals surface area (Å²) in [6.45, 7) is 9.58. The highest BCUT2D eigenvalue weighted by molar-refractivity contribution is 5.60. The maximum absolute atomic E-state index is 11.8. The average molecular weight is 415 g/mol. The minimum absolute atomic E-state index is 0.157. The molecule has 1 rings (SSSR count). The molecule has 0 spiro atoms. The maximum Gasteiger partial charge on any atom is 0.508 e. The van der Waals surface area contributed by atoms with E-state index in [1.54, 1.807) is 0 Å².